The quantitative estimate of drug-likeness (QED) is 0.885. The van der Waals surface area contributed by atoms with Crippen LogP contribution in [0.3, 0.4) is 0 Å². The molecular weight excluding hydrogens is 340 g/mol. The molecule has 2 aromatic rings. The van der Waals surface area contributed by atoms with Crippen molar-refractivity contribution in [1.82, 2.24) is 10.5 Å². The van der Waals surface area contributed by atoms with Gasteiger partial charge < -0.3 is 14.6 Å². The van der Waals surface area contributed by atoms with E-state index in [1.807, 2.05) is 32.0 Å². The van der Waals surface area contributed by atoms with Gasteiger partial charge in [-0.2, -0.15) is 0 Å². The van der Waals surface area contributed by atoms with Crippen LogP contribution in [0.5, 0.6) is 5.75 Å². The smallest absolute Gasteiger partial charge is 0.224 e. The van der Waals surface area contributed by atoms with Crippen LogP contribution in [0.15, 0.2) is 28.8 Å². The van der Waals surface area contributed by atoms with Gasteiger partial charge in [-0.25, -0.2) is 0 Å². The molecule has 1 saturated carbocycles. The van der Waals surface area contributed by atoms with E-state index in [1.54, 1.807) is 0 Å². The third-order valence-corrected chi connectivity index (χ3v) is 6.11. The van der Waals surface area contributed by atoms with Crippen molar-refractivity contribution in [2.24, 2.45) is 5.92 Å². The molecule has 1 N–H and O–H groups in total. The van der Waals surface area contributed by atoms with Gasteiger partial charge in [0.05, 0.1) is 5.69 Å². The van der Waals surface area contributed by atoms with E-state index in [2.05, 4.69) is 37.3 Å². The Morgan fingerprint density at radius 3 is 2.78 bits per heavy atom. The van der Waals surface area contributed by atoms with Crippen molar-refractivity contribution in [3.05, 3.63) is 46.8 Å². The Kier molecular flexibility index (Phi) is 4.09. The molecule has 144 valence electrons. The maximum Gasteiger partial charge on any atom is 0.224 e. The minimum atomic E-state index is -0.257. The molecule has 1 spiro atoms. The normalized spacial score (nSPS) is 26.2. The Balaban J connectivity index is 1.48. The van der Waals surface area contributed by atoms with Crippen molar-refractivity contribution >= 4 is 5.91 Å². The molecule has 1 aliphatic heterocycles. The molecule has 0 bridgehead atoms. The van der Waals surface area contributed by atoms with Gasteiger partial charge in [-0.1, -0.05) is 30.3 Å². The van der Waals surface area contributed by atoms with Crippen molar-refractivity contribution < 1.29 is 14.1 Å². The number of hydrogen-bond donors (Lipinski definition) is 1. The second-order valence-corrected chi connectivity index (χ2v) is 8.83. The highest BCUT2D eigenvalue weighted by Crippen LogP contribution is 2.63. The molecule has 3 atom stereocenters. The van der Waals surface area contributed by atoms with Gasteiger partial charge in [0.15, 0.2) is 0 Å². The Bertz CT molecular complexity index is 866. The summed E-state index contributed by atoms with van der Waals surface area (Å²) in [5.74, 6) is 2.08. The van der Waals surface area contributed by atoms with E-state index in [0.29, 0.717) is 6.54 Å². The Labute approximate surface area is 160 Å². The average molecular weight is 368 g/mol. The Hall–Kier alpha value is -2.30. The fraction of sp³-hybridized carbons (Fsp3) is 0.545. The molecule has 27 heavy (non-hydrogen) atoms. The first kappa shape index (κ1) is 18.1. The molecule has 0 unspecified atom stereocenters. The highest BCUT2D eigenvalue weighted by Gasteiger charge is 2.63. The minimum Gasteiger partial charge on any atom is -0.488 e. The molecule has 2 aliphatic rings. The van der Waals surface area contributed by atoms with Gasteiger partial charge in [-0.15, -0.1) is 0 Å². The molecule has 1 fully saturated rings. The van der Waals surface area contributed by atoms with Crippen LogP contribution in [0.4, 0.5) is 0 Å². The molecular formula is C22H28N2O3. The predicted molar refractivity (Wildman–Crippen MR) is 103 cm³/mol. The number of amides is 1. The van der Waals surface area contributed by atoms with Crippen molar-refractivity contribution in [3.8, 4) is 5.75 Å². The summed E-state index contributed by atoms with van der Waals surface area (Å²) in [5, 5.41) is 7.19. The lowest BCUT2D eigenvalue weighted by atomic mass is 9.80. The number of para-hydroxylation sites is 1. The van der Waals surface area contributed by atoms with Crippen LogP contribution >= 0.6 is 0 Å². The first-order valence-electron chi connectivity index (χ1n) is 9.72. The van der Waals surface area contributed by atoms with Crippen LogP contribution in [0.1, 0.15) is 62.1 Å². The number of ether oxygens (including phenoxy) is 1. The number of nitrogens with one attached hydrogen (secondary N) is 1. The number of rotatable bonds is 4. The first-order chi connectivity index (χ1) is 12.7. The highest BCUT2D eigenvalue weighted by molar-refractivity contribution is 5.85. The average Bonchev–Trinajstić information content (AvgIpc) is 3.20. The molecule has 1 aliphatic carbocycles. The second kappa shape index (κ2) is 6.11. The Morgan fingerprint density at radius 2 is 2.07 bits per heavy atom. The summed E-state index contributed by atoms with van der Waals surface area (Å²) < 4.78 is 11.4. The number of nitrogens with zero attached hydrogens (tertiary/aromatic N) is 1. The number of aromatic nitrogens is 1. The number of aryl methyl sites for hydroxylation is 2. The lowest BCUT2D eigenvalue weighted by Crippen LogP contribution is -2.40. The van der Waals surface area contributed by atoms with Crippen LogP contribution in [0, 0.1) is 19.8 Å². The molecule has 1 aromatic heterocycles. The summed E-state index contributed by atoms with van der Waals surface area (Å²) >= 11 is 0. The van der Waals surface area contributed by atoms with E-state index in [4.69, 9.17) is 9.26 Å². The third kappa shape index (κ3) is 3.03. The molecule has 5 heteroatoms. The largest absolute Gasteiger partial charge is 0.488 e. The standard InChI is InChI=1S/C22H28N2O3/c1-13(19-14(2)24-27-15(19)3)11-23-20(25)17-10-22(17)12-21(4,5)26-18-9-7-6-8-16(18)22/h6-9,13,17H,10-12H2,1-5H3,(H,23,25)/t13-,17+,22-/m0/s1. The number of hydrogen-bond acceptors (Lipinski definition) is 4. The summed E-state index contributed by atoms with van der Waals surface area (Å²) in [6.07, 6.45) is 1.76. The van der Waals surface area contributed by atoms with E-state index >= 15 is 0 Å². The predicted octanol–water partition coefficient (Wildman–Crippen LogP) is 4.03. The SMILES string of the molecule is Cc1noc(C)c1[C@@H](C)CNC(=O)[C@H]1C[C@@]12CC(C)(C)Oc1ccccc12. The lowest BCUT2D eigenvalue weighted by molar-refractivity contribution is -0.123. The van der Waals surface area contributed by atoms with Crippen molar-refractivity contribution in [1.29, 1.82) is 0 Å². The summed E-state index contributed by atoms with van der Waals surface area (Å²) in [6.45, 7) is 10.8. The number of fused-ring (bicyclic) bond motifs is 2. The zero-order valence-corrected chi connectivity index (χ0v) is 16.8. The number of carbonyl (C=O) groups is 1. The minimum absolute atomic E-state index is 0.0127. The number of benzene rings is 1. The van der Waals surface area contributed by atoms with Crippen LogP contribution in [0.25, 0.3) is 0 Å². The lowest BCUT2D eigenvalue weighted by Gasteiger charge is -2.38. The maximum atomic E-state index is 13.0. The summed E-state index contributed by atoms with van der Waals surface area (Å²) in [7, 11) is 0. The zero-order chi connectivity index (χ0) is 19.4. The van der Waals surface area contributed by atoms with E-state index in [-0.39, 0.29) is 28.8 Å². The molecule has 5 nitrogen and oxygen atoms in total. The van der Waals surface area contributed by atoms with Gasteiger partial charge in [0.25, 0.3) is 0 Å². The second-order valence-electron chi connectivity index (χ2n) is 8.83. The molecule has 0 saturated heterocycles. The maximum absolute atomic E-state index is 13.0. The summed E-state index contributed by atoms with van der Waals surface area (Å²) in [4.78, 5) is 13.0. The fourth-order valence-electron chi connectivity index (χ4n) is 4.97. The topological polar surface area (TPSA) is 64.4 Å². The molecule has 4 rings (SSSR count). The van der Waals surface area contributed by atoms with E-state index in [1.165, 1.54) is 5.56 Å². The van der Waals surface area contributed by atoms with Crippen molar-refractivity contribution in [2.75, 3.05) is 6.54 Å². The fourth-order valence-corrected chi connectivity index (χ4v) is 4.97. The van der Waals surface area contributed by atoms with E-state index < -0.39 is 0 Å². The Morgan fingerprint density at radius 1 is 1.33 bits per heavy atom. The van der Waals surface area contributed by atoms with Crippen LogP contribution in [-0.2, 0) is 10.2 Å². The molecule has 1 aromatic carbocycles. The van der Waals surface area contributed by atoms with Gasteiger partial charge >= 0.3 is 0 Å². The van der Waals surface area contributed by atoms with E-state index in [9.17, 15) is 4.79 Å². The van der Waals surface area contributed by atoms with E-state index in [0.717, 1.165) is 35.6 Å². The molecule has 0 radical (unpaired) electrons. The molecule has 1 amide bonds. The zero-order valence-electron chi connectivity index (χ0n) is 16.8. The van der Waals surface area contributed by atoms with Crippen molar-refractivity contribution in [3.63, 3.8) is 0 Å². The number of carbonyl (C=O) groups excluding carboxylic acids is 1. The van der Waals surface area contributed by atoms with Crippen LogP contribution < -0.4 is 10.1 Å². The van der Waals surface area contributed by atoms with Gasteiger partial charge in [-0.05, 0) is 46.6 Å². The van der Waals surface area contributed by atoms with Crippen LogP contribution in [0.2, 0.25) is 0 Å². The van der Waals surface area contributed by atoms with Gasteiger partial charge in [-0.3, -0.25) is 4.79 Å². The molecule has 2 heterocycles. The van der Waals surface area contributed by atoms with Crippen LogP contribution in [-0.4, -0.2) is 23.2 Å². The van der Waals surface area contributed by atoms with Gasteiger partial charge in [0, 0.05) is 34.9 Å². The first-order valence-corrected chi connectivity index (χ1v) is 9.72. The monoisotopic (exact) mass is 368 g/mol. The van der Waals surface area contributed by atoms with Gasteiger partial charge in [0.2, 0.25) is 5.91 Å². The highest BCUT2D eigenvalue weighted by atomic mass is 16.5. The summed E-state index contributed by atoms with van der Waals surface area (Å²) in [5.41, 5.74) is 2.83. The van der Waals surface area contributed by atoms with Crippen molar-refractivity contribution in [2.45, 2.75) is 64.4 Å². The van der Waals surface area contributed by atoms with Gasteiger partial charge in [0.1, 0.15) is 17.1 Å². The third-order valence-electron chi connectivity index (χ3n) is 6.11. The summed E-state index contributed by atoms with van der Waals surface area (Å²) in [6, 6.07) is 8.17.